The second-order valence-corrected chi connectivity index (χ2v) is 4.51. The molecule has 3 rings (SSSR count). The first-order valence-corrected chi connectivity index (χ1v) is 6.22. The maximum Gasteiger partial charge on any atom is 0.224 e. The molecular formula is C14H11ClN4. The first kappa shape index (κ1) is 11.9. The summed E-state index contributed by atoms with van der Waals surface area (Å²) in [6.07, 6.45) is 1.77. The molecule has 0 saturated carbocycles. The van der Waals surface area contributed by atoms with Crippen molar-refractivity contribution in [1.82, 2.24) is 15.0 Å². The van der Waals surface area contributed by atoms with Crippen molar-refractivity contribution in [1.29, 1.82) is 0 Å². The van der Waals surface area contributed by atoms with E-state index >= 15 is 0 Å². The van der Waals surface area contributed by atoms with E-state index in [1.54, 1.807) is 6.20 Å². The molecule has 19 heavy (non-hydrogen) atoms. The van der Waals surface area contributed by atoms with Crippen LogP contribution in [-0.2, 0) is 0 Å². The fraction of sp³-hybridized carbons (Fsp3) is 0.0714. The normalized spacial score (nSPS) is 10.6. The van der Waals surface area contributed by atoms with Gasteiger partial charge < -0.3 is 5.32 Å². The van der Waals surface area contributed by atoms with Gasteiger partial charge in [-0.1, -0.05) is 18.2 Å². The van der Waals surface area contributed by atoms with Crippen molar-refractivity contribution < 1.29 is 0 Å². The fourth-order valence-corrected chi connectivity index (χ4v) is 2.16. The highest BCUT2D eigenvalue weighted by atomic mass is 35.5. The van der Waals surface area contributed by atoms with Gasteiger partial charge in [-0.25, -0.2) is 9.97 Å². The van der Waals surface area contributed by atoms with E-state index in [9.17, 15) is 0 Å². The van der Waals surface area contributed by atoms with Gasteiger partial charge >= 0.3 is 0 Å². The SMILES string of the molecule is Cc1cc(Nc2cccc3cccnc23)nc(Cl)n1. The van der Waals surface area contributed by atoms with Crippen molar-refractivity contribution in [2.45, 2.75) is 6.92 Å². The Morgan fingerprint density at radius 3 is 2.79 bits per heavy atom. The van der Waals surface area contributed by atoms with Gasteiger partial charge in [0.25, 0.3) is 0 Å². The van der Waals surface area contributed by atoms with E-state index in [-0.39, 0.29) is 5.28 Å². The Balaban J connectivity index is 2.05. The summed E-state index contributed by atoms with van der Waals surface area (Å²) in [5, 5.41) is 4.54. The van der Waals surface area contributed by atoms with Crippen molar-refractivity contribution in [2.24, 2.45) is 0 Å². The molecule has 0 saturated heterocycles. The van der Waals surface area contributed by atoms with Gasteiger partial charge in [-0.05, 0) is 30.7 Å². The topological polar surface area (TPSA) is 50.7 Å². The maximum absolute atomic E-state index is 5.86. The van der Waals surface area contributed by atoms with Crippen LogP contribution in [0.3, 0.4) is 0 Å². The lowest BCUT2D eigenvalue weighted by atomic mass is 10.2. The number of benzene rings is 1. The summed E-state index contributed by atoms with van der Waals surface area (Å²) in [5.41, 5.74) is 2.61. The van der Waals surface area contributed by atoms with Crippen LogP contribution in [-0.4, -0.2) is 15.0 Å². The van der Waals surface area contributed by atoms with Gasteiger partial charge in [0.2, 0.25) is 5.28 Å². The first-order valence-electron chi connectivity index (χ1n) is 5.84. The van der Waals surface area contributed by atoms with E-state index in [4.69, 9.17) is 11.6 Å². The molecule has 0 radical (unpaired) electrons. The molecule has 0 spiro atoms. The number of fused-ring (bicyclic) bond motifs is 1. The number of hydrogen-bond donors (Lipinski definition) is 1. The summed E-state index contributed by atoms with van der Waals surface area (Å²) >= 11 is 5.86. The zero-order chi connectivity index (χ0) is 13.2. The van der Waals surface area contributed by atoms with Gasteiger partial charge in [-0.2, -0.15) is 0 Å². The summed E-state index contributed by atoms with van der Waals surface area (Å²) in [6, 6.07) is 11.7. The molecule has 0 atom stereocenters. The number of nitrogens with one attached hydrogen (secondary N) is 1. The first-order chi connectivity index (χ1) is 9.22. The van der Waals surface area contributed by atoms with Crippen molar-refractivity contribution >= 4 is 34.0 Å². The van der Waals surface area contributed by atoms with E-state index in [0.29, 0.717) is 5.82 Å². The molecule has 0 amide bonds. The molecule has 0 aliphatic carbocycles. The van der Waals surface area contributed by atoms with E-state index in [1.165, 1.54) is 0 Å². The molecule has 1 aromatic carbocycles. The molecule has 3 aromatic rings. The third-order valence-electron chi connectivity index (χ3n) is 2.72. The average molecular weight is 271 g/mol. The second-order valence-electron chi connectivity index (χ2n) is 4.17. The van der Waals surface area contributed by atoms with Crippen LogP contribution in [0.5, 0.6) is 0 Å². The zero-order valence-electron chi connectivity index (χ0n) is 10.3. The Morgan fingerprint density at radius 2 is 1.95 bits per heavy atom. The quantitative estimate of drug-likeness (QED) is 0.721. The van der Waals surface area contributed by atoms with Crippen molar-refractivity contribution in [3.05, 3.63) is 53.6 Å². The van der Waals surface area contributed by atoms with Crippen molar-refractivity contribution in [3.8, 4) is 0 Å². The Morgan fingerprint density at radius 1 is 1.11 bits per heavy atom. The van der Waals surface area contributed by atoms with Crippen molar-refractivity contribution in [2.75, 3.05) is 5.32 Å². The number of rotatable bonds is 2. The van der Waals surface area contributed by atoms with Gasteiger partial charge in [0, 0.05) is 23.3 Å². The lowest BCUT2D eigenvalue weighted by Gasteiger charge is -2.08. The Bertz CT molecular complexity index is 717. The predicted octanol–water partition coefficient (Wildman–Crippen LogP) is 3.73. The molecule has 0 aliphatic rings. The highest BCUT2D eigenvalue weighted by Gasteiger charge is 2.04. The molecule has 0 fully saturated rings. The minimum Gasteiger partial charge on any atom is -0.338 e. The van der Waals surface area contributed by atoms with Gasteiger partial charge in [0.15, 0.2) is 0 Å². The number of aryl methyl sites for hydroxylation is 1. The lowest BCUT2D eigenvalue weighted by Crippen LogP contribution is -1.98. The number of nitrogens with zero attached hydrogens (tertiary/aromatic N) is 3. The number of anilines is 2. The largest absolute Gasteiger partial charge is 0.338 e. The monoisotopic (exact) mass is 270 g/mol. The number of hydrogen-bond acceptors (Lipinski definition) is 4. The molecule has 2 aromatic heterocycles. The van der Waals surface area contributed by atoms with E-state index in [2.05, 4.69) is 20.3 Å². The highest BCUT2D eigenvalue weighted by molar-refractivity contribution is 6.28. The predicted molar refractivity (Wildman–Crippen MR) is 76.8 cm³/mol. The van der Waals surface area contributed by atoms with Gasteiger partial charge in [0.1, 0.15) is 5.82 Å². The molecule has 1 N–H and O–H groups in total. The molecular weight excluding hydrogens is 260 g/mol. The average Bonchev–Trinajstić information content (AvgIpc) is 2.38. The fourth-order valence-electron chi connectivity index (χ4n) is 1.94. The third kappa shape index (κ3) is 2.48. The van der Waals surface area contributed by atoms with Gasteiger partial charge in [0.05, 0.1) is 11.2 Å². The molecule has 0 bridgehead atoms. The summed E-state index contributed by atoms with van der Waals surface area (Å²) < 4.78 is 0. The van der Waals surface area contributed by atoms with Crippen LogP contribution < -0.4 is 5.32 Å². The zero-order valence-corrected chi connectivity index (χ0v) is 11.0. The van der Waals surface area contributed by atoms with Crippen LogP contribution in [0.4, 0.5) is 11.5 Å². The van der Waals surface area contributed by atoms with Gasteiger partial charge in [-0.3, -0.25) is 4.98 Å². The van der Waals surface area contributed by atoms with Crippen LogP contribution >= 0.6 is 11.6 Å². The van der Waals surface area contributed by atoms with Crippen LogP contribution in [0.15, 0.2) is 42.6 Å². The minimum atomic E-state index is 0.232. The molecule has 4 nitrogen and oxygen atoms in total. The molecule has 0 aliphatic heterocycles. The Kier molecular flexibility index (Phi) is 3.01. The van der Waals surface area contributed by atoms with Crippen LogP contribution in [0, 0.1) is 6.92 Å². The number of para-hydroxylation sites is 1. The molecule has 2 heterocycles. The summed E-state index contributed by atoms with van der Waals surface area (Å²) in [6.45, 7) is 1.88. The van der Waals surface area contributed by atoms with Gasteiger partial charge in [-0.15, -0.1) is 0 Å². The number of halogens is 1. The maximum atomic E-state index is 5.86. The Labute approximate surface area is 115 Å². The molecule has 0 unspecified atom stereocenters. The molecule has 94 valence electrons. The van der Waals surface area contributed by atoms with Crippen LogP contribution in [0.1, 0.15) is 5.69 Å². The van der Waals surface area contributed by atoms with E-state index < -0.39 is 0 Å². The smallest absolute Gasteiger partial charge is 0.224 e. The number of pyridine rings is 1. The third-order valence-corrected chi connectivity index (χ3v) is 2.89. The summed E-state index contributed by atoms with van der Waals surface area (Å²) in [5.74, 6) is 0.663. The minimum absolute atomic E-state index is 0.232. The number of aromatic nitrogens is 3. The summed E-state index contributed by atoms with van der Waals surface area (Å²) in [4.78, 5) is 12.6. The highest BCUT2D eigenvalue weighted by Crippen LogP contribution is 2.24. The van der Waals surface area contributed by atoms with Crippen molar-refractivity contribution in [3.63, 3.8) is 0 Å². The summed E-state index contributed by atoms with van der Waals surface area (Å²) in [7, 11) is 0. The second kappa shape index (κ2) is 4.82. The van der Waals surface area contributed by atoms with E-state index in [0.717, 1.165) is 22.3 Å². The molecule has 5 heteroatoms. The van der Waals surface area contributed by atoms with E-state index in [1.807, 2.05) is 43.3 Å². The van der Waals surface area contributed by atoms with Crippen LogP contribution in [0.25, 0.3) is 10.9 Å². The standard InChI is InChI=1S/C14H11ClN4/c1-9-8-12(19-14(15)17-9)18-11-6-2-4-10-5-3-7-16-13(10)11/h2-8H,1H3,(H,17,18,19). The lowest BCUT2D eigenvalue weighted by molar-refractivity contribution is 1.10. The van der Waals surface area contributed by atoms with Crippen LogP contribution in [0.2, 0.25) is 5.28 Å². The Hall–Kier alpha value is -2.20.